The normalized spacial score (nSPS) is 24.3. The van der Waals surface area contributed by atoms with Gasteiger partial charge >= 0.3 is 0 Å². The molecule has 3 rings (SSSR count). The standard InChI is InChI=1S/C16H22BrFN2/c1-11(15-7-4-12(18)9-16(15)17)20(14-5-6-14)10-13-3-2-8-19-13/h4,7,9,11,13-14,19H,2-3,5-6,8,10H2,1H3. The number of nitrogens with zero attached hydrogens (tertiary/aromatic N) is 1. The average molecular weight is 341 g/mol. The van der Waals surface area contributed by atoms with Crippen LogP contribution < -0.4 is 5.32 Å². The van der Waals surface area contributed by atoms with Crippen molar-refractivity contribution in [2.75, 3.05) is 13.1 Å². The summed E-state index contributed by atoms with van der Waals surface area (Å²) in [5.41, 5.74) is 1.19. The van der Waals surface area contributed by atoms with E-state index in [9.17, 15) is 4.39 Å². The fourth-order valence-electron chi connectivity index (χ4n) is 3.22. The molecular formula is C16H22BrFN2. The van der Waals surface area contributed by atoms with Crippen LogP contribution in [0.25, 0.3) is 0 Å². The van der Waals surface area contributed by atoms with Gasteiger partial charge in [-0.1, -0.05) is 22.0 Å². The van der Waals surface area contributed by atoms with Gasteiger partial charge in [0.25, 0.3) is 0 Å². The van der Waals surface area contributed by atoms with Gasteiger partial charge in [-0.05, 0) is 56.8 Å². The Morgan fingerprint density at radius 3 is 2.80 bits per heavy atom. The van der Waals surface area contributed by atoms with Gasteiger partial charge in [0.1, 0.15) is 5.82 Å². The molecule has 1 aliphatic heterocycles. The molecule has 0 amide bonds. The fourth-order valence-corrected chi connectivity index (χ4v) is 3.90. The van der Waals surface area contributed by atoms with Crippen LogP contribution in [0.2, 0.25) is 0 Å². The number of rotatable bonds is 5. The Morgan fingerprint density at radius 1 is 1.40 bits per heavy atom. The molecule has 2 nitrogen and oxygen atoms in total. The van der Waals surface area contributed by atoms with Crippen molar-refractivity contribution < 1.29 is 4.39 Å². The fraction of sp³-hybridized carbons (Fsp3) is 0.625. The van der Waals surface area contributed by atoms with Crippen molar-refractivity contribution >= 4 is 15.9 Å². The van der Waals surface area contributed by atoms with E-state index in [2.05, 4.69) is 33.1 Å². The highest BCUT2D eigenvalue weighted by molar-refractivity contribution is 9.10. The quantitative estimate of drug-likeness (QED) is 0.875. The first kappa shape index (κ1) is 14.5. The van der Waals surface area contributed by atoms with Crippen LogP contribution in [0, 0.1) is 5.82 Å². The molecule has 2 atom stereocenters. The number of hydrogen-bond acceptors (Lipinski definition) is 2. The van der Waals surface area contributed by atoms with Gasteiger partial charge in [0.15, 0.2) is 0 Å². The van der Waals surface area contributed by atoms with E-state index in [1.807, 2.05) is 6.07 Å². The Balaban J connectivity index is 1.75. The van der Waals surface area contributed by atoms with Crippen LogP contribution in [0.3, 0.4) is 0 Å². The molecule has 2 unspecified atom stereocenters. The van der Waals surface area contributed by atoms with E-state index in [0.29, 0.717) is 18.1 Å². The van der Waals surface area contributed by atoms with Gasteiger partial charge in [-0.3, -0.25) is 4.90 Å². The summed E-state index contributed by atoms with van der Waals surface area (Å²) < 4.78 is 14.1. The first-order valence-corrected chi connectivity index (χ1v) is 8.38. The molecule has 110 valence electrons. The van der Waals surface area contributed by atoms with E-state index < -0.39 is 0 Å². The summed E-state index contributed by atoms with van der Waals surface area (Å²) in [4.78, 5) is 2.60. The van der Waals surface area contributed by atoms with E-state index in [-0.39, 0.29) is 5.82 Å². The predicted molar refractivity (Wildman–Crippen MR) is 83.3 cm³/mol. The zero-order chi connectivity index (χ0) is 14.1. The Bertz CT molecular complexity index is 470. The van der Waals surface area contributed by atoms with Crippen LogP contribution in [-0.2, 0) is 0 Å². The van der Waals surface area contributed by atoms with Gasteiger partial charge in [-0.25, -0.2) is 4.39 Å². The van der Waals surface area contributed by atoms with Crippen LogP contribution in [-0.4, -0.2) is 30.1 Å². The molecular weight excluding hydrogens is 319 g/mol. The molecule has 0 spiro atoms. The van der Waals surface area contributed by atoms with Gasteiger partial charge in [0, 0.05) is 29.1 Å². The van der Waals surface area contributed by atoms with Crippen molar-refractivity contribution in [1.29, 1.82) is 0 Å². The summed E-state index contributed by atoms with van der Waals surface area (Å²) >= 11 is 3.52. The van der Waals surface area contributed by atoms with E-state index in [4.69, 9.17) is 0 Å². The molecule has 0 bridgehead atoms. The first-order valence-electron chi connectivity index (χ1n) is 7.59. The lowest BCUT2D eigenvalue weighted by Crippen LogP contribution is -2.40. The number of benzene rings is 1. The van der Waals surface area contributed by atoms with E-state index in [1.54, 1.807) is 12.1 Å². The average Bonchev–Trinajstić information content (AvgIpc) is 3.12. The van der Waals surface area contributed by atoms with Crippen LogP contribution in [0.4, 0.5) is 4.39 Å². The van der Waals surface area contributed by atoms with E-state index >= 15 is 0 Å². The minimum atomic E-state index is -0.178. The largest absolute Gasteiger partial charge is 0.313 e. The molecule has 1 aromatic carbocycles. The maximum absolute atomic E-state index is 13.3. The van der Waals surface area contributed by atoms with Gasteiger partial charge in [-0.2, -0.15) is 0 Å². The topological polar surface area (TPSA) is 15.3 Å². The van der Waals surface area contributed by atoms with Crippen molar-refractivity contribution in [3.63, 3.8) is 0 Å². The molecule has 1 saturated heterocycles. The summed E-state index contributed by atoms with van der Waals surface area (Å²) in [6.45, 7) is 4.50. The molecule has 1 aliphatic carbocycles. The van der Waals surface area contributed by atoms with Crippen molar-refractivity contribution in [1.82, 2.24) is 10.2 Å². The molecule has 20 heavy (non-hydrogen) atoms. The maximum Gasteiger partial charge on any atom is 0.124 e. The summed E-state index contributed by atoms with van der Waals surface area (Å²) in [7, 11) is 0. The number of nitrogens with one attached hydrogen (secondary N) is 1. The van der Waals surface area contributed by atoms with Gasteiger partial charge in [0.05, 0.1) is 0 Å². The molecule has 4 heteroatoms. The Kier molecular flexibility index (Phi) is 4.43. The van der Waals surface area contributed by atoms with Gasteiger partial charge in [-0.15, -0.1) is 0 Å². The predicted octanol–water partition coefficient (Wildman–Crippen LogP) is 3.87. The monoisotopic (exact) mass is 340 g/mol. The lowest BCUT2D eigenvalue weighted by molar-refractivity contribution is 0.181. The molecule has 1 N–H and O–H groups in total. The van der Waals surface area contributed by atoms with Crippen molar-refractivity contribution in [3.8, 4) is 0 Å². The third kappa shape index (κ3) is 3.23. The molecule has 0 radical (unpaired) electrons. The molecule has 0 aromatic heterocycles. The summed E-state index contributed by atoms with van der Waals surface area (Å²) in [6.07, 6.45) is 5.17. The van der Waals surface area contributed by atoms with Crippen molar-refractivity contribution in [2.24, 2.45) is 0 Å². The third-order valence-corrected chi connectivity index (χ3v) is 5.21. The minimum Gasteiger partial charge on any atom is -0.313 e. The molecule has 1 aromatic rings. The smallest absolute Gasteiger partial charge is 0.124 e. The Labute approximate surface area is 128 Å². The second kappa shape index (κ2) is 6.12. The van der Waals surface area contributed by atoms with Crippen LogP contribution >= 0.6 is 15.9 Å². The highest BCUT2D eigenvalue weighted by Crippen LogP contribution is 2.37. The SMILES string of the molecule is CC(c1ccc(F)cc1Br)N(CC1CCCN1)C1CC1. The van der Waals surface area contributed by atoms with Crippen LogP contribution in [0.1, 0.15) is 44.2 Å². The van der Waals surface area contributed by atoms with Crippen LogP contribution in [0.15, 0.2) is 22.7 Å². The summed E-state index contributed by atoms with van der Waals surface area (Å²) in [6, 6.07) is 6.73. The van der Waals surface area contributed by atoms with Crippen molar-refractivity contribution in [2.45, 2.75) is 50.7 Å². The van der Waals surface area contributed by atoms with E-state index in [0.717, 1.165) is 17.6 Å². The summed E-state index contributed by atoms with van der Waals surface area (Å²) in [5, 5.41) is 3.59. The second-order valence-corrected chi connectivity index (χ2v) is 6.92. The second-order valence-electron chi connectivity index (χ2n) is 6.06. The number of halogens is 2. The van der Waals surface area contributed by atoms with Gasteiger partial charge in [0.2, 0.25) is 0 Å². The number of hydrogen-bond donors (Lipinski definition) is 1. The van der Waals surface area contributed by atoms with Crippen molar-refractivity contribution in [3.05, 3.63) is 34.1 Å². The lowest BCUT2D eigenvalue weighted by Gasteiger charge is -2.32. The molecule has 2 aliphatic rings. The highest BCUT2D eigenvalue weighted by atomic mass is 79.9. The first-order chi connectivity index (χ1) is 9.65. The lowest BCUT2D eigenvalue weighted by atomic mass is 10.1. The molecule has 1 heterocycles. The molecule has 1 saturated carbocycles. The maximum atomic E-state index is 13.3. The highest BCUT2D eigenvalue weighted by Gasteiger charge is 2.35. The Morgan fingerprint density at radius 2 is 2.20 bits per heavy atom. The summed E-state index contributed by atoms with van der Waals surface area (Å²) in [5.74, 6) is -0.178. The van der Waals surface area contributed by atoms with Gasteiger partial charge < -0.3 is 5.32 Å². The Hall–Kier alpha value is -0.450. The zero-order valence-electron chi connectivity index (χ0n) is 11.9. The van der Waals surface area contributed by atoms with E-state index in [1.165, 1.54) is 31.2 Å². The third-order valence-electron chi connectivity index (χ3n) is 4.52. The molecule has 2 fully saturated rings. The minimum absolute atomic E-state index is 0.178. The van der Waals surface area contributed by atoms with Crippen LogP contribution in [0.5, 0.6) is 0 Å². The zero-order valence-corrected chi connectivity index (χ0v) is 13.5.